The fourth-order valence-corrected chi connectivity index (χ4v) is 4.36. The molecule has 1 aromatic rings. The minimum atomic E-state index is -0.472. The van der Waals surface area contributed by atoms with Gasteiger partial charge in [-0.3, -0.25) is 4.90 Å². The predicted octanol–water partition coefficient (Wildman–Crippen LogP) is 1.72. The van der Waals surface area contributed by atoms with Crippen molar-refractivity contribution >= 4 is 11.9 Å². The fraction of sp³-hybridized carbons (Fsp3) is 0.737. The maximum absolute atomic E-state index is 12.7. The van der Waals surface area contributed by atoms with E-state index >= 15 is 0 Å². The average molecular weight is 375 g/mol. The standard InChI is InChI=1S/C19H29N5O3/c1-19(2,3)27-18(25)24-12-5-6-13(24)11-23(10-12)16-14-7-8-20-9-15(14)21-17(22-16)26-4/h12-13,20H,5-11H2,1-4H3/t12-,13+. The van der Waals surface area contributed by atoms with Gasteiger partial charge in [0.1, 0.15) is 11.4 Å². The molecular formula is C19H29N5O3. The Bertz CT molecular complexity index is 719. The third kappa shape index (κ3) is 3.54. The highest BCUT2D eigenvalue weighted by Gasteiger charge is 2.45. The third-order valence-corrected chi connectivity index (χ3v) is 5.46. The summed E-state index contributed by atoms with van der Waals surface area (Å²) in [6, 6.07) is 0.739. The van der Waals surface area contributed by atoms with Crippen molar-refractivity contribution in [3.63, 3.8) is 0 Å². The molecule has 4 heterocycles. The number of hydrogen-bond donors (Lipinski definition) is 1. The molecule has 8 nitrogen and oxygen atoms in total. The first-order chi connectivity index (χ1) is 12.9. The maximum atomic E-state index is 12.7. The molecule has 2 atom stereocenters. The monoisotopic (exact) mass is 375 g/mol. The van der Waals surface area contributed by atoms with Gasteiger partial charge >= 0.3 is 12.1 Å². The molecule has 0 spiro atoms. The Balaban J connectivity index is 1.58. The van der Waals surface area contributed by atoms with E-state index in [4.69, 9.17) is 9.47 Å². The normalized spacial score (nSPS) is 24.6. The smallest absolute Gasteiger partial charge is 0.410 e. The van der Waals surface area contributed by atoms with E-state index in [0.29, 0.717) is 6.01 Å². The second-order valence-corrected chi connectivity index (χ2v) is 8.56. The number of nitrogens with one attached hydrogen (secondary N) is 1. The molecule has 2 bridgehead atoms. The van der Waals surface area contributed by atoms with Crippen LogP contribution >= 0.6 is 0 Å². The number of anilines is 1. The molecule has 2 saturated heterocycles. The van der Waals surface area contributed by atoms with Crippen molar-refractivity contribution < 1.29 is 14.3 Å². The zero-order valence-corrected chi connectivity index (χ0v) is 16.6. The third-order valence-electron chi connectivity index (χ3n) is 5.46. The minimum Gasteiger partial charge on any atom is -0.467 e. The maximum Gasteiger partial charge on any atom is 0.410 e. The Morgan fingerprint density at radius 1 is 1.19 bits per heavy atom. The molecule has 0 unspecified atom stereocenters. The first kappa shape index (κ1) is 18.3. The zero-order valence-electron chi connectivity index (χ0n) is 16.6. The largest absolute Gasteiger partial charge is 0.467 e. The van der Waals surface area contributed by atoms with Crippen LogP contribution < -0.4 is 15.0 Å². The number of nitrogens with zero attached hydrogens (tertiary/aromatic N) is 4. The van der Waals surface area contributed by atoms with Crippen molar-refractivity contribution in [2.24, 2.45) is 0 Å². The van der Waals surface area contributed by atoms with Crippen molar-refractivity contribution in [3.05, 3.63) is 11.3 Å². The van der Waals surface area contributed by atoms with Gasteiger partial charge in [0, 0.05) is 25.2 Å². The minimum absolute atomic E-state index is 0.164. The molecule has 0 aromatic carbocycles. The molecule has 148 valence electrons. The Labute approximate surface area is 160 Å². The predicted molar refractivity (Wildman–Crippen MR) is 101 cm³/mol. The van der Waals surface area contributed by atoms with Crippen LogP contribution in [0.4, 0.5) is 10.6 Å². The van der Waals surface area contributed by atoms with Gasteiger partial charge in [-0.1, -0.05) is 0 Å². The van der Waals surface area contributed by atoms with E-state index in [2.05, 4.69) is 20.2 Å². The van der Waals surface area contributed by atoms with Gasteiger partial charge in [0.25, 0.3) is 0 Å². The number of carbonyl (C=O) groups is 1. The fourth-order valence-electron chi connectivity index (χ4n) is 4.36. The summed E-state index contributed by atoms with van der Waals surface area (Å²) in [7, 11) is 1.60. The second kappa shape index (κ2) is 6.82. The van der Waals surface area contributed by atoms with E-state index in [-0.39, 0.29) is 18.2 Å². The number of aromatic nitrogens is 2. The molecular weight excluding hydrogens is 346 g/mol. The lowest BCUT2D eigenvalue weighted by Gasteiger charge is -2.42. The van der Waals surface area contributed by atoms with Gasteiger partial charge in [0.05, 0.1) is 24.9 Å². The topological polar surface area (TPSA) is 79.8 Å². The van der Waals surface area contributed by atoms with Crippen molar-refractivity contribution in [3.8, 4) is 6.01 Å². The van der Waals surface area contributed by atoms with Crippen molar-refractivity contribution in [2.45, 2.75) is 64.3 Å². The van der Waals surface area contributed by atoms with Crippen LogP contribution in [-0.4, -0.2) is 65.4 Å². The summed E-state index contributed by atoms with van der Waals surface area (Å²) in [5.74, 6) is 0.971. The van der Waals surface area contributed by atoms with Gasteiger partial charge in [-0.2, -0.15) is 9.97 Å². The van der Waals surface area contributed by atoms with Crippen LogP contribution in [0.15, 0.2) is 0 Å². The molecule has 3 aliphatic rings. The van der Waals surface area contributed by atoms with Crippen LogP contribution in [0.5, 0.6) is 6.01 Å². The van der Waals surface area contributed by atoms with Gasteiger partial charge in [-0.05, 0) is 46.6 Å². The van der Waals surface area contributed by atoms with Crippen LogP contribution in [0.1, 0.15) is 44.9 Å². The number of piperazine rings is 1. The van der Waals surface area contributed by atoms with Crippen LogP contribution in [0.3, 0.4) is 0 Å². The summed E-state index contributed by atoms with van der Waals surface area (Å²) >= 11 is 0. The van der Waals surface area contributed by atoms with E-state index in [1.165, 1.54) is 5.56 Å². The van der Waals surface area contributed by atoms with Gasteiger partial charge in [0.15, 0.2) is 0 Å². The molecule has 1 N–H and O–H groups in total. The molecule has 8 heteroatoms. The molecule has 2 fully saturated rings. The first-order valence-corrected chi connectivity index (χ1v) is 9.76. The lowest BCUT2D eigenvalue weighted by Crippen LogP contribution is -2.57. The van der Waals surface area contributed by atoms with Crippen molar-refractivity contribution in [1.82, 2.24) is 20.2 Å². The van der Waals surface area contributed by atoms with Gasteiger partial charge in [-0.25, -0.2) is 4.79 Å². The van der Waals surface area contributed by atoms with E-state index < -0.39 is 5.60 Å². The second-order valence-electron chi connectivity index (χ2n) is 8.56. The number of amides is 1. The lowest BCUT2D eigenvalue weighted by atomic mass is 10.1. The van der Waals surface area contributed by atoms with E-state index in [1.807, 2.05) is 25.7 Å². The molecule has 0 saturated carbocycles. The van der Waals surface area contributed by atoms with E-state index in [0.717, 1.165) is 57.0 Å². The van der Waals surface area contributed by atoms with Crippen molar-refractivity contribution in [1.29, 1.82) is 0 Å². The van der Waals surface area contributed by atoms with Gasteiger partial charge < -0.3 is 19.7 Å². The molecule has 3 aliphatic heterocycles. The van der Waals surface area contributed by atoms with Crippen LogP contribution in [0.2, 0.25) is 0 Å². The number of rotatable bonds is 2. The molecule has 27 heavy (non-hydrogen) atoms. The summed E-state index contributed by atoms with van der Waals surface area (Å²) < 4.78 is 11.0. The van der Waals surface area contributed by atoms with Crippen LogP contribution in [0, 0.1) is 0 Å². The van der Waals surface area contributed by atoms with Gasteiger partial charge in [-0.15, -0.1) is 0 Å². The lowest BCUT2D eigenvalue weighted by molar-refractivity contribution is 0.0122. The Morgan fingerprint density at radius 2 is 1.89 bits per heavy atom. The Kier molecular flexibility index (Phi) is 4.61. The zero-order chi connectivity index (χ0) is 19.2. The summed E-state index contributed by atoms with van der Waals surface area (Å²) in [4.78, 5) is 26.2. The SMILES string of the molecule is COc1nc2c(c(N3C[C@H]4CC[C@@H](C3)N4C(=O)OC(C)(C)C)n1)CCNC2. The van der Waals surface area contributed by atoms with Crippen molar-refractivity contribution in [2.75, 3.05) is 31.6 Å². The molecule has 1 aromatic heterocycles. The molecule has 0 aliphatic carbocycles. The summed E-state index contributed by atoms with van der Waals surface area (Å²) in [5.41, 5.74) is 1.75. The summed E-state index contributed by atoms with van der Waals surface area (Å²) in [6.07, 6.45) is 2.73. The van der Waals surface area contributed by atoms with Crippen LogP contribution in [-0.2, 0) is 17.7 Å². The molecule has 1 amide bonds. The van der Waals surface area contributed by atoms with Gasteiger partial charge in [0.2, 0.25) is 0 Å². The number of carbonyl (C=O) groups excluding carboxylic acids is 1. The number of ether oxygens (including phenoxy) is 2. The first-order valence-electron chi connectivity index (χ1n) is 9.76. The Morgan fingerprint density at radius 3 is 2.52 bits per heavy atom. The van der Waals surface area contributed by atoms with E-state index in [9.17, 15) is 4.79 Å². The van der Waals surface area contributed by atoms with Crippen LogP contribution in [0.25, 0.3) is 0 Å². The Hall–Kier alpha value is -2.09. The highest BCUT2D eigenvalue weighted by Crippen LogP contribution is 2.35. The highest BCUT2D eigenvalue weighted by molar-refractivity contribution is 5.70. The highest BCUT2D eigenvalue weighted by atomic mass is 16.6. The number of hydrogen-bond acceptors (Lipinski definition) is 7. The average Bonchev–Trinajstić information content (AvgIpc) is 2.89. The molecule has 0 radical (unpaired) electrons. The molecule has 4 rings (SSSR count). The summed E-state index contributed by atoms with van der Waals surface area (Å²) in [5, 5.41) is 3.36. The number of fused-ring (bicyclic) bond motifs is 3. The number of methoxy groups -OCH3 is 1. The summed E-state index contributed by atoms with van der Waals surface area (Å²) in [6.45, 7) is 8.96. The quantitative estimate of drug-likeness (QED) is 0.843. The van der Waals surface area contributed by atoms with E-state index in [1.54, 1.807) is 7.11 Å².